The molecule has 4 N–H and O–H groups in total. The topological polar surface area (TPSA) is 143 Å². The maximum atomic E-state index is 12.7. The average Bonchev–Trinajstić information content (AvgIpc) is 2.55. The van der Waals surface area contributed by atoms with Crippen molar-refractivity contribution < 1.29 is 33.8 Å². The Morgan fingerprint density at radius 1 is 0.812 bits per heavy atom. The zero-order valence-corrected chi connectivity index (χ0v) is 20.7. The van der Waals surface area contributed by atoms with Gasteiger partial charge < -0.3 is 30.5 Å². The quantitative estimate of drug-likeness (QED) is 0.347. The first-order valence-corrected chi connectivity index (χ1v) is 11.0. The Morgan fingerprint density at radius 2 is 1.34 bits per heavy atom. The lowest BCUT2D eigenvalue weighted by Gasteiger charge is -2.25. The van der Waals surface area contributed by atoms with Crippen LogP contribution in [-0.2, 0) is 19.1 Å². The zero-order chi connectivity index (χ0) is 25.1. The van der Waals surface area contributed by atoms with Crippen LogP contribution in [-0.4, -0.2) is 59.0 Å². The summed E-state index contributed by atoms with van der Waals surface area (Å²) in [6, 6.07) is -2.03. The van der Waals surface area contributed by atoms with Crippen molar-refractivity contribution in [1.29, 1.82) is 0 Å². The van der Waals surface area contributed by atoms with Crippen molar-refractivity contribution in [3.8, 4) is 0 Å². The Kier molecular flexibility index (Phi) is 12.1. The number of hydrogen-bond acceptors (Lipinski definition) is 6. The number of hydrogen-bond donors (Lipinski definition) is 4. The van der Waals surface area contributed by atoms with Gasteiger partial charge in [-0.15, -0.1) is 0 Å². The molecule has 2 atom stereocenters. The predicted molar refractivity (Wildman–Crippen MR) is 120 cm³/mol. The van der Waals surface area contributed by atoms with Crippen molar-refractivity contribution in [1.82, 2.24) is 16.0 Å². The van der Waals surface area contributed by atoms with E-state index in [1.54, 1.807) is 41.5 Å². The monoisotopic (exact) mass is 459 g/mol. The van der Waals surface area contributed by atoms with E-state index in [0.29, 0.717) is 19.4 Å². The minimum Gasteiger partial charge on any atom is -0.480 e. The Bertz CT molecular complexity index is 636. The lowest BCUT2D eigenvalue weighted by Crippen LogP contribution is -2.52. The molecule has 0 spiro atoms. The molecule has 0 radical (unpaired) electrons. The molecule has 0 bridgehead atoms. The summed E-state index contributed by atoms with van der Waals surface area (Å²) in [6.45, 7) is 14.5. The van der Waals surface area contributed by atoms with E-state index in [9.17, 15) is 24.3 Å². The van der Waals surface area contributed by atoms with E-state index < -0.39 is 47.3 Å². The highest BCUT2D eigenvalue weighted by molar-refractivity contribution is 5.89. The molecule has 10 heteroatoms. The average molecular weight is 460 g/mol. The van der Waals surface area contributed by atoms with Crippen molar-refractivity contribution in [2.45, 2.75) is 104 Å². The maximum Gasteiger partial charge on any atom is 0.408 e. The molecule has 3 amide bonds. The van der Waals surface area contributed by atoms with Gasteiger partial charge in [-0.2, -0.15) is 0 Å². The summed E-state index contributed by atoms with van der Waals surface area (Å²) in [4.78, 5) is 48.1. The van der Waals surface area contributed by atoms with E-state index in [1.807, 2.05) is 13.8 Å². The van der Waals surface area contributed by atoms with Crippen LogP contribution >= 0.6 is 0 Å². The molecule has 0 heterocycles. The largest absolute Gasteiger partial charge is 0.480 e. The number of carbonyl (C=O) groups is 4. The number of alkyl carbamates (subject to hydrolysis) is 2. The number of rotatable bonds is 11. The highest BCUT2D eigenvalue weighted by atomic mass is 16.6. The molecule has 32 heavy (non-hydrogen) atoms. The van der Waals surface area contributed by atoms with Gasteiger partial charge in [0.15, 0.2) is 0 Å². The first-order chi connectivity index (χ1) is 14.5. The number of unbranched alkanes of at least 4 members (excludes halogenated alkanes) is 1. The van der Waals surface area contributed by atoms with Gasteiger partial charge in [-0.25, -0.2) is 14.4 Å². The second-order valence-corrected chi connectivity index (χ2v) is 10.2. The van der Waals surface area contributed by atoms with Crippen LogP contribution in [0.15, 0.2) is 0 Å². The van der Waals surface area contributed by atoms with Gasteiger partial charge in [-0.3, -0.25) is 4.79 Å². The smallest absolute Gasteiger partial charge is 0.408 e. The number of carbonyl (C=O) groups excluding carboxylic acids is 3. The first kappa shape index (κ1) is 29.5. The van der Waals surface area contributed by atoms with Crippen molar-refractivity contribution in [3.05, 3.63) is 0 Å². The lowest BCUT2D eigenvalue weighted by atomic mass is 10.0. The standard InChI is InChI=1S/C22H41N3O7/c1-14(2)13-16(18(27)28)24-17(26)15(25-20(30)32-22(6,7)8)11-9-10-12-23-19(29)31-21(3,4)5/h14-16H,9-13H2,1-8H3,(H,23,29)(H,24,26)(H,25,30)(H,27,28)/t15-,16-/m0/s1. The molecule has 0 aromatic carbocycles. The van der Waals surface area contributed by atoms with E-state index in [4.69, 9.17) is 9.47 Å². The third-order valence-electron chi connectivity index (χ3n) is 3.92. The number of carboxylic acid groups (broad SMARTS) is 1. The molecule has 0 unspecified atom stereocenters. The van der Waals surface area contributed by atoms with Crippen LogP contribution < -0.4 is 16.0 Å². The number of nitrogens with one attached hydrogen (secondary N) is 3. The summed E-state index contributed by atoms with van der Waals surface area (Å²) < 4.78 is 10.4. The van der Waals surface area contributed by atoms with Gasteiger partial charge in [-0.05, 0) is 73.1 Å². The number of amides is 3. The van der Waals surface area contributed by atoms with Gasteiger partial charge in [0.2, 0.25) is 5.91 Å². The molecule has 0 aliphatic carbocycles. The molecular formula is C22H41N3O7. The molecule has 0 aliphatic rings. The van der Waals surface area contributed by atoms with Crippen LogP contribution in [0.3, 0.4) is 0 Å². The molecule has 0 fully saturated rings. The number of ether oxygens (including phenoxy) is 2. The molecular weight excluding hydrogens is 418 g/mol. The minimum absolute atomic E-state index is 0.0626. The SMILES string of the molecule is CC(C)C[C@H](NC(=O)[C@H](CCCCNC(=O)OC(C)(C)C)NC(=O)OC(C)(C)C)C(=O)O. The Labute approximate surface area is 191 Å². The normalized spacial score (nSPS) is 13.7. The van der Waals surface area contributed by atoms with Crippen LogP contribution in [0.4, 0.5) is 9.59 Å². The second-order valence-electron chi connectivity index (χ2n) is 10.2. The third-order valence-corrected chi connectivity index (χ3v) is 3.92. The highest BCUT2D eigenvalue weighted by Crippen LogP contribution is 2.10. The van der Waals surface area contributed by atoms with Crippen molar-refractivity contribution in [2.75, 3.05) is 6.54 Å². The summed E-state index contributed by atoms with van der Waals surface area (Å²) in [5.74, 6) is -1.67. The second kappa shape index (κ2) is 13.1. The van der Waals surface area contributed by atoms with Gasteiger partial charge in [0.05, 0.1) is 0 Å². The van der Waals surface area contributed by atoms with E-state index in [2.05, 4.69) is 16.0 Å². The summed E-state index contributed by atoms with van der Waals surface area (Å²) in [5, 5.41) is 17.0. The third kappa shape index (κ3) is 15.3. The number of aliphatic carboxylic acids is 1. The van der Waals surface area contributed by atoms with E-state index in [1.165, 1.54) is 0 Å². The van der Waals surface area contributed by atoms with Gasteiger partial charge in [0.25, 0.3) is 0 Å². The van der Waals surface area contributed by atoms with Crippen LogP contribution in [0.5, 0.6) is 0 Å². The van der Waals surface area contributed by atoms with E-state index >= 15 is 0 Å². The van der Waals surface area contributed by atoms with Gasteiger partial charge in [0, 0.05) is 6.54 Å². The fourth-order valence-corrected chi connectivity index (χ4v) is 2.66. The Morgan fingerprint density at radius 3 is 1.81 bits per heavy atom. The first-order valence-electron chi connectivity index (χ1n) is 11.0. The molecule has 0 aromatic heterocycles. The lowest BCUT2D eigenvalue weighted by molar-refractivity contribution is -0.142. The van der Waals surface area contributed by atoms with E-state index in [-0.39, 0.29) is 18.8 Å². The summed E-state index contributed by atoms with van der Waals surface area (Å²) >= 11 is 0. The Hall–Kier alpha value is -2.52. The van der Waals surface area contributed by atoms with Crippen LogP contribution in [0, 0.1) is 5.92 Å². The number of carboxylic acids is 1. The van der Waals surface area contributed by atoms with Gasteiger partial charge in [-0.1, -0.05) is 13.8 Å². The van der Waals surface area contributed by atoms with Crippen molar-refractivity contribution >= 4 is 24.1 Å². The maximum absolute atomic E-state index is 12.7. The van der Waals surface area contributed by atoms with Crippen molar-refractivity contribution in [2.24, 2.45) is 5.92 Å². The highest BCUT2D eigenvalue weighted by Gasteiger charge is 2.28. The fourth-order valence-electron chi connectivity index (χ4n) is 2.66. The minimum atomic E-state index is -1.13. The van der Waals surface area contributed by atoms with Crippen LogP contribution in [0.1, 0.15) is 81.1 Å². The summed E-state index contributed by atoms with van der Waals surface area (Å²) in [6.07, 6.45) is 0.241. The summed E-state index contributed by atoms with van der Waals surface area (Å²) in [5.41, 5.74) is -1.34. The molecule has 0 saturated carbocycles. The predicted octanol–water partition coefficient (Wildman–Crippen LogP) is 3.19. The van der Waals surface area contributed by atoms with Gasteiger partial charge >= 0.3 is 18.2 Å². The molecule has 0 saturated heterocycles. The molecule has 0 aromatic rings. The van der Waals surface area contributed by atoms with E-state index in [0.717, 1.165) is 0 Å². The Balaban J connectivity index is 4.93. The molecule has 10 nitrogen and oxygen atoms in total. The summed E-state index contributed by atoms with van der Waals surface area (Å²) in [7, 11) is 0. The fraction of sp³-hybridized carbons (Fsp3) is 0.818. The zero-order valence-electron chi connectivity index (χ0n) is 20.7. The molecule has 0 aliphatic heterocycles. The van der Waals surface area contributed by atoms with Crippen molar-refractivity contribution in [3.63, 3.8) is 0 Å². The van der Waals surface area contributed by atoms with Crippen LogP contribution in [0.2, 0.25) is 0 Å². The van der Waals surface area contributed by atoms with Crippen LogP contribution in [0.25, 0.3) is 0 Å². The van der Waals surface area contributed by atoms with Gasteiger partial charge in [0.1, 0.15) is 23.3 Å². The molecule has 0 rings (SSSR count). The molecule has 186 valence electrons.